The van der Waals surface area contributed by atoms with E-state index >= 15 is 0 Å². The fourth-order valence-electron chi connectivity index (χ4n) is 4.33. The predicted octanol–water partition coefficient (Wildman–Crippen LogP) is 6.95. The molecule has 0 aliphatic heterocycles. The van der Waals surface area contributed by atoms with Crippen molar-refractivity contribution in [1.29, 1.82) is 0 Å². The third-order valence-corrected chi connectivity index (χ3v) is 6.84. The summed E-state index contributed by atoms with van der Waals surface area (Å²) in [4.78, 5) is 27.3. The van der Waals surface area contributed by atoms with Gasteiger partial charge in [0.05, 0.1) is 11.4 Å². The fourth-order valence-corrected chi connectivity index (χ4v) is 4.33. The van der Waals surface area contributed by atoms with Crippen LogP contribution in [0.15, 0.2) is 58.5 Å². The standard InChI is InChI=1S/C34H44N2O2.2C2H4O2.Co/c1-21(2)23-15-25(31(37)27(17-23)33(5,6)7)19-35-29-13-11-12-14-30(29)36-20-26-16-24(22(3)4)18-28(32(26)38)34(8,9)10;2*1-2(3)4;/h11-22,37-38H,1-10H3;2*1H3,(H,3,4);/q;;;+2/p-2. The van der Waals surface area contributed by atoms with Gasteiger partial charge in [-0.1, -0.05) is 93.5 Å². The van der Waals surface area contributed by atoms with Crippen LogP contribution in [0.1, 0.15) is 128 Å². The molecule has 3 aromatic carbocycles. The van der Waals surface area contributed by atoms with E-state index in [1.807, 2.05) is 36.4 Å². The molecule has 47 heavy (non-hydrogen) atoms. The molecule has 0 fully saturated rings. The minimum absolute atomic E-state index is 0. The Morgan fingerprint density at radius 1 is 0.660 bits per heavy atom. The molecule has 0 saturated heterocycles. The van der Waals surface area contributed by atoms with Gasteiger partial charge < -0.3 is 30.0 Å². The van der Waals surface area contributed by atoms with Crippen LogP contribution < -0.4 is 10.2 Å². The molecule has 0 heterocycles. The monoisotopic (exact) mass is 689 g/mol. The molecule has 257 valence electrons. The number of hydrogen-bond acceptors (Lipinski definition) is 8. The van der Waals surface area contributed by atoms with Gasteiger partial charge in [0.15, 0.2) is 0 Å². The summed E-state index contributed by atoms with van der Waals surface area (Å²) in [5.41, 5.74) is 6.51. The van der Waals surface area contributed by atoms with Crippen LogP contribution in [0.25, 0.3) is 0 Å². The molecular formula is C38H50CoN2O6. The van der Waals surface area contributed by atoms with Crippen LogP contribution >= 0.6 is 0 Å². The molecule has 8 nitrogen and oxygen atoms in total. The van der Waals surface area contributed by atoms with Crippen molar-refractivity contribution in [3.8, 4) is 11.5 Å². The fraction of sp³-hybridized carbons (Fsp3) is 0.421. The summed E-state index contributed by atoms with van der Waals surface area (Å²) in [6.07, 6.45) is 3.44. The van der Waals surface area contributed by atoms with Crippen molar-refractivity contribution in [2.45, 2.75) is 106 Å². The molecule has 0 spiro atoms. The molecule has 3 rings (SSSR count). The number of benzene rings is 3. The van der Waals surface area contributed by atoms with Crippen LogP contribution in [0.4, 0.5) is 11.4 Å². The maximum absolute atomic E-state index is 11.1. The minimum Gasteiger partial charge on any atom is -0.550 e. The quantitative estimate of drug-likeness (QED) is 0.268. The van der Waals surface area contributed by atoms with Gasteiger partial charge in [0.1, 0.15) is 11.5 Å². The summed E-state index contributed by atoms with van der Waals surface area (Å²) in [5, 5.41) is 39.9. The number of phenolic OH excluding ortho intramolecular Hbond substituents is 2. The Labute approximate surface area is 290 Å². The summed E-state index contributed by atoms with van der Waals surface area (Å²) >= 11 is 0. The average Bonchev–Trinajstić information content (AvgIpc) is 2.90. The zero-order chi connectivity index (χ0) is 35.6. The van der Waals surface area contributed by atoms with Crippen molar-refractivity contribution in [3.63, 3.8) is 0 Å². The number of carboxylic acid groups (broad SMARTS) is 2. The summed E-state index contributed by atoms with van der Waals surface area (Å²) in [7, 11) is 0. The molecule has 2 N–H and O–H groups in total. The van der Waals surface area contributed by atoms with E-state index in [-0.39, 0.29) is 39.1 Å². The molecule has 0 unspecified atom stereocenters. The number of carboxylic acids is 2. The van der Waals surface area contributed by atoms with Crippen LogP contribution in [0.2, 0.25) is 0 Å². The van der Waals surface area contributed by atoms with E-state index in [0.717, 1.165) is 36.1 Å². The van der Waals surface area contributed by atoms with Gasteiger partial charge in [0.25, 0.3) is 0 Å². The van der Waals surface area contributed by atoms with Gasteiger partial charge in [-0.25, -0.2) is 0 Å². The number of nitrogens with zero attached hydrogens (tertiary/aromatic N) is 2. The molecule has 3 aromatic rings. The van der Waals surface area contributed by atoms with Crippen molar-refractivity contribution in [3.05, 3.63) is 81.9 Å². The molecule has 0 saturated carbocycles. The van der Waals surface area contributed by atoms with Crippen molar-refractivity contribution < 1.29 is 46.8 Å². The number of hydrogen-bond donors (Lipinski definition) is 2. The number of carbonyl (C=O) groups excluding carboxylic acids is 2. The van der Waals surface area contributed by atoms with Crippen molar-refractivity contribution in [2.75, 3.05) is 0 Å². The Morgan fingerprint density at radius 3 is 1.17 bits per heavy atom. The Balaban J connectivity index is 0.00000211. The maximum atomic E-state index is 11.1. The van der Waals surface area contributed by atoms with E-state index in [2.05, 4.69) is 81.4 Å². The Hall–Kier alpha value is -3.95. The smallest absolute Gasteiger partial charge is 0.550 e. The van der Waals surface area contributed by atoms with Crippen LogP contribution in [-0.4, -0.2) is 34.6 Å². The first-order valence-electron chi connectivity index (χ1n) is 15.3. The Morgan fingerprint density at radius 2 is 0.936 bits per heavy atom. The number of aliphatic imine (C=N–C) groups is 2. The van der Waals surface area contributed by atoms with Gasteiger partial charge in [0.2, 0.25) is 0 Å². The normalized spacial score (nSPS) is 11.5. The molecule has 1 radical (unpaired) electrons. The van der Waals surface area contributed by atoms with Gasteiger partial charge in [-0.05, 0) is 71.9 Å². The summed E-state index contributed by atoms with van der Waals surface area (Å²) < 4.78 is 0. The minimum atomic E-state index is -1.08. The number of rotatable bonds is 6. The topological polar surface area (TPSA) is 145 Å². The molecule has 0 atom stereocenters. The molecule has 0 amide bonds. The van der Waals surface area contributed by atoms with E-state index < -0.39 is 11.9 Å². The van der Waals surface area contributed by atoms with Crippen LogP contribution in [0.5, 0.6) is 11.5 Å². The zero-order valence-corrected chi connectivity index (χ0v) is 30.7. The van der Waals surface area contributed by atoms with Crippen LogP contribution in [0, 0.1) is 0 Å². The first-order valence-corrected chi connectivity index (χ1v) is 15.3. The average molecular weight is 690 g/mol. The van der Waals surface area contributed by atoms with Gasteiger partial charge >= 0.3 is 16.8 Å². The molecular weight excluding hydrogens is 639 g/mol. The molecule has 0 aliphatic carbocycles. The second-order valence-electron chi connectivity index (χ2n) is 13.8. The van der Waals surface area contributed by atoms with Crippen molar-refractivity contribution >= 4 is 35.7 Å². The third kappa shape index (κ3) is 14.1. The Bertz CT molecular complexity index is 1440. The van der Waals surface area contributed by atoms with E-state index in [4.69, 9.17) is 29.8 Å². The molecule has 9 heteroatoms. The molecule has 0 aromatic heterocycles. The van der Waals surface area contributed by atoms with Gasteiger partial charge in [-0.3, -0.25) is 9.98 Å². The number of aromatic hydroxyl groups is 2. The van der Waals surface area contributed by atoms with E-state index in [9.17, 15) is 10.2 Å². The number of aliphatic carboxylic acids is 2. The predicted molar refractivity (Wildman–Crippen MR) is 184 cm³/mol. The summed E-state index contributed by atoms with van der Waals surface area (Å²) in [6, 6.07) is 15.9. The van der Waals surface area contributed by atoms with E-state index in [0.29, 0.717) is 34.3 Å². The van der Waals surface area contributed by atoms with Gasteiger partial charge in [-0.2, -0.15) is 0 Å². The summed E-state index contributed by atoms with van der Waals surface area (Å²) in [5.74, 6) is -0.991. The van der Waals surface area contributed by atoms with Gasteiger partial charge in [-0.15, -0.1) is 0 Å². The second-order valence-corrected chi connectivity index (χ2v) is 13.8. The summed E-state index contributed by atoms with van der Waals surface area (Å²) in [6.45, 7) is 23.2. The largest absolute Gasteiger partial charge is 2.00 e. The van der Waals surface area contributed by atoms with Crippen molar-refractivity contribution in [2.24, 2.45) is 9.98 Å². The zero-order valence-electron chi connectivity index (χ0n) is 29.7. The molecule has 0 bridgehead atoms. The number of carbonyl (C=O) groups is 2. The molecule has 0 aliphatic rings. The van der Waals surface area contributed by atoms with E-state index in [1.54, 1.807) is 12.4 Å². The third-order valence-electron chi connectivity index (χ3n) is 6.84. The van der Waals surface area contributed by atoms with Crippen molar-refractivity contribution in [1.82, 2.24) is 0 Å². The van der Waals surface area contributed by atoms with Gasteiger partial charge in [0, 0.05) is 46.6 Å². The number of phenols is 2. The van der Waals surface area contributed by atoms with E-state index in [1.165, 1.54) is 0 Å². The first-order chi connectivity index (χ1) is 21.1. The first kappa shape index (κ1) is 43.0. The Kier molecular flexibility index (Phi) is 16.9. The SMILES string of the molecule is CC(=O)[O-].CC(=O)[O-].CC(C)c1cc(C=Nc2ccccc2N=Cc2cc(C(C)C)cc(C(C)(C)C)c2O)c(O)c(C(C)(C)C)c1.[Co+2]. The van der Waals surface area contributed by atoms with Crippen LogP contribution in [-0.2, 0) is 37.2 Å². The number of para-hydroxylation sites is 2. The van der Waals surface area contributed by atoms with Crippen LogP contribution in [0.3, 0.4) is 0 Å². The second kappa shape index (κ2) is 18.4. The maximum Gasteiger partial charge on any atom is 2.00 e.